The molecule has 0 N–H and O–H groups in total. The van der Waals surface area contributed by atoms with E-state index in [9.17, 15) is 9.59 Å². The van der Waals surface area contributed by atoms with E-state index in [1.54, 1.807) is 17.7 Å². The van der Waals surface area contributed by atoms with Crippen LogP contribution in [0.2, 0.25) is 0 Å². The van der Waals surface area contributed by atoms with Gasteiger partial charge in [0.2, 0.25) is 0 Å². The number of piperidine rings is 1. The summed E-state index contributed by atoms with van der Waals surface area (Å²) in [4.78, 5) is 27.0. The quantitative estimate of drug-likeness (QED) is 0.475. The molecule has 0 atom stereocenters. The number of carbonyl (C=O) groups excluding carboxylic acids is 2. The topological polar surface area (TPSA) is 64.4 Å². The maximum Gasteiger partial charge on any atom is 0.358 e. The van der Waals surface area contributed by atoms with Crippen molar-refractivity contribution < 1.29 is 14.3 Å². The second kappa shape index (κ2) is 9.47. The van der Waals surface area contributed by atoms with Crippen molar-refractivity contribution in [1.29, 1.82) is 0 Å². The Morgan fingerprint density at radius 2 is 1.68 bits per heavy atom. The van der Waals surface area contributed by atoms with E-state index in [0.29, 0.717) is 5.56 Å². The van der Waals surface area contributed by atoms with Crippen molar-refractivity contribution in [3.8, 4) is 16.9 Å². The van der Waals surface area contributed by atoms with Gasteiger partial charge >= 0.3 is 5.97 Å². The van der Waals surface area contributed by atoms with Crippen LogP contribution in [0.25, 0.3) is 16.9 Å². The number of carbonyl (C=O) groups is 2. The average molecular weight is 482 g/mol. The largest absolute Gasteiger partial charge is 0.461 e. The minimum Gasteiger partial charge on any atom is -0.461 e. The van der Waals surface area contributed by atoms with Crippen LogP contribution in [0.5, 0.6) is 0 Å². The van der Waals surface area contributed by atoms with Gasteiger partial charge < -0.3 is 9.64 Å². The fraction of sp³-hybridized carbons (Fsp3) is 0.292. The molecule has 0 aliphatic carbocycles. The number of amides is 1. The lowest BCUT2D eigenvalue weighted by Gasteiger charge is -2.26. The number of halogens is 1. The van der Waals surface area contributed by atoms with Crippen molar-refractivity contribution >= 4 is 27.8 Å². The normalized spacial score (nSPS) is 13.8. The zero-order valence-corrected chi connectivity index (χ0v) is 19.0. The second-order valence-electron chi connectivity index (χ2n) is 7.45. The Bertz CT molecular complexity index is 1070. The van der Waals surface area contributed by atoms with E-state index in [1.807, 2.05) is 53.4 Å². The maximum atomic E-state index is 12.8. The molecule has 1 fully saturated rings. The highest BCUT2D eigenvalue weighted by atomic mass is 79.9. The third kappa shape index (κ3) is 4.71. The first-order valence-electron chi connectivity index (χ1n) is 10.5. The van der Waals surface area contributed by atoms with Crippen LogP contribution < -0.4 is 0 Å². The van der Waals surface area contributed by atoms with E-state index in [4.69, 9.17) is 4.74 Å². The lowest BCUT2D eigenvalue weighted by atomic mass is 10.1. The van der Waals surface area contributed by atoms with Gasteiger partial charge in [0.1, 0.15) is 0 Å². The van der Waals surface area contributed by atoms with Crippen LogP contribution in [0.3, 0.4) is 0 Å². The van der Waals surface area contributed by atoms with Crippen LogP contribution >= 0.6 is 15.9 Å². The van der Waals surface area contributed by atoms with Crippen molar-refractivity contribution in [2.24, 2.45) is 0 Å². The third-order valence-electron chi connectivity index (χ3n) is 5.34. The fourth-order valence-corrected chi connectivity index (χ4v) is 4.00. The molecule has 0 spiro atoms. The Morgan fingerprint density at radius 1 is 1.00 bits per heavy atom. The lowest BCUT2D eigenvalue weighted by molar-refractivity contribution is 0.0518. The summed E-state index contributed by atoms with van der Waals surface area (Å²) >= 11 is 3.45. The maximum absolute atomic E-state index is 12.8. The van der Waals surface area contributed by atoms with Crippen molar-refractivity contribution in [2.75, 3.05) is 19.7 Å². The number of esters is 1. The molecule has 2 aromatic carbocycles. The minimum atomic E-state index is -0.462. The summed E-state index contributed by atoms with van der Waals surface area (Å²) < 4.78 is 7.81. The van der Waals surface area contributed by atoms with Gasteiger partial charge in [-0.2, -0.15) is 5.10 Å². The van der Waals surface area contributed by atoms with Crippen LogP contribution in [0.4, 0.5) is 0 Å². The first-order chi connectivity index (χ1) is 15.1. The zero-order valence-electron chi connectivity index (χ0n) is 17.4. The summed E-state index contributed by atoms with van der Waals surface area (Å²) in [6, 6.07) is 16.9. The Hall–Kier alpha value is -2.93. The molecule has 4 rings (SSSR count). The summed E-state index contributed by atoms with van der Waals surface area (Å²) in [5.74, 6) is -0.399. The Labute approximate surface area is 189 Å². The molecule has 31 heavy (non-hydrogen) atoms. The molecule has 7 heteroatoms. The van der Waals surface area contributed by atoms with E-state index in [0.717, 1.165) is 47.3 Å². The third-order valence-corrected chi connectivity index (χ3v) is 5.86. The number of aromatic nitrogens is 2. The van der Waals surface area contributed by atoms with Crippen molar-refractivity contribution in [3.05, 3.63) is 70.3 Å². The highest BCUT2D eigenvalue weighted by molar-refractivity contribution is 9.10. The first kappa shape index (κ1) is 21.3. The van der Waals surface area contributed by atoms with Gasteiger partial charge in [-0.25, -0.2) is 9.48 Å². The fourth-order valence-electron chi connectivity index (χ4n) is 3.73. The van der Waals surface area contributed by atoms with Crippen LogP contribution in [0.1, 0.15) is 47.0 Å². The molecule has 0 saturated carbocycles. The number of ether oxygens (including phenoxy) is 1. The van der Waals surface area contributed by atoms with Gasteiger partial charge in [0.15, 0.2) is 5.69 Å². The predicted octanol–water partition coefficient (Wildman–Crippen LogP) is 5.10. The average Bonchev–Trinajstić information content (AvgIpc) is 3.26. The molecule has 3 aromatic rings. The molecular formula is C24H24BrN3O3. The van der Waals surface area contributed by atoms with E-state index in [-0.39, 0.29) is 18.2 Å². The van der Waals surface area contributed by atoms with Gasteiger partial charge in [0.25, 0.3) is 5.91 Å². The summed E-state index contributed by atoms with van der Waals surface area (Å²) in [7, 11) is 0. The number of benzene rings is 2. The number of nitrogens with zero attached hydrogens (tertiary/aromatic N) is 3. The SMILES string of the molecule is CCOC(=O)c1cc(-c2ccc(Br)cc2)n(-c2ccc(C(=O)N3CCCCC3)cc2)n1. The number of likely N-dealkylation sites (tertiary alicyclic amines) is 1. The molecule has 6 nitrogen and oxygen atoms in total. The molecule has 1 aromatic heterocycles. The van der Waals surface area contributed by atoms with Crippen LogP contribution in [-0.2, 0) is 4.74 Å². The number of hydrogen-bond acceptors (Lipinski definition) is 4. The van der Waals surface area contributed by atoms with Crippen molar-refractivity contribution in [1.82, 2.24) is 14.7 Å². The van der Waals surface area contributed by atoms with Crippen LogP contribution in [0.15, 0.2) is 59.1 Å². The second-order valence-corrected chi connectivity index (χ2v) is 8.37. The molecule has 160 valence electrons. The minimum absolute atomic E-state index is 0.0621. The number of hydrogen-bond donors (Lipinski definition) is 0. The standard InChI is InChI=1S/C24H24BrN3O3/c1-2-31-24(30)21-16-22(17-6-10-19(25)11-7-17)28(26-21)20-12-8-18(9-13-20)23(29)27-14-4-3-5-15-27/h6-13,16H,2-5,14-15H2,1H3. The van der Waals surface area contributed by atoms with Gasteiger partial charge in [-0.15, -0.1) is 0 Å². The zero-order chi connectivity index (χ0) is 21.8. The Morgan fingerprint density at radius 3 is 2.32 bits per heavy atom. The Kier molecular flexibility index (Phi) is 6.51. The molecule has 1 saturated heterocycles. The van der Waals surface area contributed by atoms with Crippen LogP contribution in [0, 0.1) is 0 Å². The monoisotopic (exact) mass is 481 g/mol. The molecule has 0 radical (unpaired) electrons. The Balaban J connectivity index is 1.68. The molecule has 0 unspecified atom stereocenters. The summed E-state index contributed by atoms with van der Waals surface area (Å²) in [5, 5.41) is 4.50. The van der Waals surface area contributed by atoms with Gasteiger partial charge in [-0.05, 0) is 68.7 Å². The van der Waals surface area contributed by atoms with E-state index in [1.165, 1.54) is 6.42 Å². The van der Waals surface area contributed by atoms with Crippen LogP contribution in [-0.4, -0.2) is 46.3 Å². The van der Waals surface area contributed by atoms with E-state index < -0.39 is 5.97 Å². The highest BCUT2D eigenvalue weighted by Gasteiger charge is 2.20. The highest BCUT2D eigenvalue weighted by Crippen LogP contribution is 2.26. The van der Waals surface area contributed by atoms with Crippen molar-refractivity contribution in [2.45, 2.75) is 26.2 Å². The summed E-state index contributed by atoms with van der Waals surface area (Å²) in [5.41, 5.74) is 3.36. The van der Waals surface area contributed by atoms with E-state index in [2.05, 4.69) is 21.0 Å². The summed E-state index contributed by atoms with van der Waals surface area (Å²) in [6.07, 6.45) is 3.30. The molecule has 1 aliphatic rings. The molecule has 1 amide bonds. The predicted molar refractivity (Wildman–Crippen MR) is 122 cm³/mol. The number of rotatable bonds is 5. The van der Waals surface area contributed by atoms with Crippen molar-refractivity contribution in [3.63, 3.8) is 0 Å². The van der Waals surface area contributed by atoms with E-state index >= 15 is 0 Å². The van der Waals surface area contributed by atoms with Gasteiger partial charge in [0, 0.05) is 28.7 Å². The van der Waals surface area contributed by atoms with Gasteiger partial charge in [-0.3, -0.25) is 4.79 Å². The van der Waals surface area contributed by atoms with Gasteiger partial charge in [-0.1, -0.05) is 28.1 Å². The smallest absolute Gasteiger partial charge is 0.358 e. The molecule has 1 aliphatic heterocycles. The molecule has 2 heterocycles. The lowest BCUT2D eigenvalue weighted by Crippen LogP contribution is -2.35. The first-order valence-corrected chi connectivity index (χ1v) is 11.3. The molecular weight excluding hydrogens is 458 g/mol. The van der Waals surface area contributed by atoms with Gasteiger partial charge in [0.05, 0.1) is 18.0 Å². The summed E-state index contributed by atoms with van der Waals surface area (Å²) in [6.45, 7) is 3.68. The molecule has 0 bridgehead atoms.